The molecule has 5 heteroatoms. The molecule has 1 heterocycles. The molecule has 0 aliphatic carbocycles. The molecular formula is C12H17NO4. The lowest BCUT2D eigenvalue weighted by Gasteiger charge is -2.12. The minimum atomic E-state index is -1.03. The van der Waals surface area contributed by atoms with Crippen LogP contribution in [-0.2, 0) is 4.79 Å². The van der Waals surface area contributed by atoms with Crippen molar-refractivity contribution in [2.45, 2.75) is 40.2 Å². The van der Waals surface area contributed by atoms with Gasteiger partial charge in [-0.25, -0.2) is 4.79 Å². The third-order valence-corrected chi connectivity index (χ3v) is 2.80. The molecule has 0 aliphatic rings. The zero-order valence-electron chi connectivity index (χ0n) is 10.5. The third kappa shape index (κ3) is 2.67. The summed E-state index contributed by atoms with van der Waals surface area (Å²) in [6, 6.07) is -0.864. The van der Waals surface area contributed by atoms with E-state index in [1.54, 1.807) is 27.7 Å². The zero-order chi connectivity index (χ0) is 13.2. The van der Waals surface area contributed by atoms with Crippen molar-refractivity contribution in [3.8, 4) is 0 Å². The standard InChI is InChI=1S/C12H17NO4/c1-5-9(12(15)16)13-11(14)10-6(2)7(3)17-8(10)4/h9H,5H2,1-4H3,(H,13,14)(H,15,16). The first-order chi connectivity index (χ1) is 7.88. The van der Waals surface area contributed by atoms with E-state index in [9.17, 15) is 9.59 Å². The molecule has 1 aromatic rings. The van der Waals surface area contributed by atoms with E-state index in [1.165, 1.54) is 0 Å². The molecule has 0 bridgehead atoms. The van der Waals surface area contributed by atoms with Crippen LogP contribution in [0.15, 0.2) is 4.42 Å². The summed E-state index contributed by atoms with van der Waals surface area (Å²) < 4.78 is 5.33. The van der Waals surface area contributed by atoms with Crippen molar-refractivity contribution in [2.24, 2.45) is 0 Å². The number of carbonyl (C=O) groups is 2. The lowest BCUT2D eigenvalue weighted by Crippen LogP contribution is -2.40. The third-order valence-electron chi connectivity index (χ3n) is 2.80. The second-order valence-corrected chi connectivity index (χ2v) is 3.99. The Bertz CT molecular complexity index is 448. The summed E-state index contributed by atoms with van der Waals surface area (Å²) in [6.07, 6.45) is 0.343. The lowest BCUT2D eigenvalue weighted by atomic mass is 10.1. The van der Waals surface area contributed by atoms with Gasteiger partial charge in [0, 0.05) is 5.56 Å². The van der Waals surface area contributed by atoms with Gasteiger partial charge >= 0.3 is 5.97 Å². The number of carboxylic acids is 1. The topological polar surface area (TPSA) is 79.5 Å². The van der Waals surface area contributed by atoms with Crippen molar-refractivity contribution in [1.29, 1.82) is 0 Å². The highest BCUT2D eigenvalue weighted by Crippen LogP contribution is 2.20. The van der Waals surface area contributed by atoms with Gasteiger partial charge in [0.15, 0.2) is 0 Å². The molecule has 17 heavy (non-hydrogen) atoms. The van der Waals surface area contributed by atoms with Crippen molar-refractivity contribution in [3.05, 3.63) is 22.6 Å². The summed E-state index contributed by atoms with van der Waals surface area (Å²) in [6.45, 7) is 6.95. The van der Waals surface area contributed by atoms with Gasteiger partial charge in [-0.3, -0.25) is 4.79 Å². The highest BCUT2D eigenvalue weighted by Gasteiger charge is 2.23. The van der Waals surface area contributed by atoms with Gasteiger partial charge in [-0.05, 0) is 27.2 Å². The number of aryl methyl sites for hydroxylation is 2. The Morgan fingerprint density at radius 2 is 1.88 bits per heavy atom. The molecule has 0 aliphatic heterocycles. The normalized spacial score (nSPS) is 12.2. The Morgan fingerprint density at radius 1 is 1.29 bits per heavy atom. The summed E-state index contributed by atoms with van der Waals surface area (Å²) in [4.78, 5) is 22.8. The van der Waals surface area contributed by atoms with Gasteiger partial charge in [-0.15, -0.1) is 0 Å². The molecule has 1 atom stereocenters. The summed E-state index contributed by atoms with van der Waals surface area (Å²) in [5, 5.41) is 11.4. The maximum Gasteiger partial charge on any atom is 0.326 e. The maximum absolute atomic E-state index is 11.9. The number of aliphatic carboxylic acids is 1. The fourth-order valence-electron chi connectivity index (χ4n) is 1.70. The van der Waals surface area contributed by atoms with E-state index in [0.717, 1.165) is 5.56 Å². The van der Waals surface area contributed by atoms with E-state index >= 15 is 0 Å². The number of hydrogen-bond acceptors (Lipinski definition) is 3. The van der Waals surface area contributed by atoms with Crippen LogP contribution in [0.4, 0.5) is 0 Å². The monoisotopic (exact) mass is 239 g/mol. The number of carboxylic acid groups (broad SMARTS) is 1. The van der Waals surface area contributed by atoms with Crippen molar-refractivity contribution in [3.63, 3.8) is 0 Å². The molecule has 94 valence electrons. The second kappa shape index (κ2) is 5.03. The Morgan fingerprint density at radius 3 is 2.24 bits per heavy atom. The number of hydrogen-bond donors (Lipinski definition) is 2. The smallest absolute Gasteiger partial charge is 0.326 e. The number of carbonyl (C=O) groups excluding carboxylic acids is 1. The second-order valence-electron chi connectivity index (χ2n) is 3.99. The van der Waals surface area contributed by atoms with Gasteiger partial charge in [0.2, 0.25) is 0 Å². The molecule has 5 nitrogen and oxygen atoms in total. The molecule has 2 N–H and O–H groups in total. The van der Waals surface area contributed by atoms with Crippen LogP contribution in [0.1, 0.15) is 40.8 Å². The van der Waals surface area contributed by atoms with E-state index in [1.807, 2.05) is 0 Å². The summed E-state index contributed by atoms with van der Waals surface area (Å²) in [5.41, 5.74) is 1.18. The van der Waals surface area contributed by atoms with E-state index in [-0.39, 0.29) is 0 Å². The summed E-state index contributed by atoms with van der Waals surface area (Å²) in [5.74, 6) is -0.240. The molecule has 0 saturated carbocycles. The van der Waals surface area contributed by atoms with Crippen LogP contribution in [0.5, 0.6) is 0 Å². The highest BCUT2D eigenvalue weighted by atomic mass is 16.4. The van der Waals surface area contributed by atoms with Crippen molar-refractivity contribution < 1.29 is 19.1 Å². The van der Waals surface area contributed by atoms with E-state index in [0.29, 0.717) is 23.5 Å². The van der Waals surface area contributed by atoms with Crippen LogP contribution >= 0.6 is 0 Å². The minimum absolute atomic E-state index is 0.343. The van der Waals surface area contributed by atoms with E-state index in [2.05, 4.69) is 5.32 Å². The first kappa shape index (κ1) is 13.3. The highest BCUT2D eigenvalue weighted by molar-refractivity contribution is 5.98. The minimum Gasteiger partial charge on any atom is -0.480 e. The van der Waals surface area contributed by atoms with E-state index in [4.69, 9.17) is 9.52 Å². The molecule has 1 aromatic heterocycles. The summed E-state index contributed by atoms with van der Waals surface area (Å²) >= 11 is 0. The average Bonchev–Trinajstić information content (AvgIpc) is 2.49. The van der Waals surface area contributed by atoms with Crippen LogP contribution in [0.25, 0.3) is 0 Å². The van der Waals surface area contributed by atoms with Gasteiger partial charge in [-0.1, -0.05) is 6.92 Å². The number of furan rings is 1. The number of nitrogens with one attached hydrogen (secondary N) is 1. The van der Waals surface area contributed by atoms with Gasteiger partial charge in [0.05, 0.1) is 5.56 Å². The molecule has 1 unspecified atom stereocenters. The average molecular weight is 239 g/mol. The number of amides is 1. The molecule has 0 spiro atoms. The zero-order valence-corrected chi connectivity index (χ0v) is 10.5. The predicted molar refractivity (Wildman–Crippen MR) is 62.1 cm³/mol. The van der Waals surface area contributed by atoms with Crippen molar-refractivity contribution in [1.82, 2.24) is 5.32 Å². The van der Waals surface area contributed by atoms with Gasteiger partial charge < -0.3 is 14.8 Å². The Kier molecular flexibility index (Phi) is 3.93. The van der Waals surface area contributed by atoms with Crippen molar-refractivity contribution in [2.75, 3.05) is 0 Å². The first-order valence-corrected chi connectivity index (χ1v) is 5.48. The molecule has 0 saturated heterocycles. The van der Waals surface area contributed by atoms with Crippen LogP contribution in [0.3, 0.4) is 0 Å². The summed E-state index contributed by atoms with van der Waals surface area (Å²) in [7, 11) is 0. The van der Waals surface area contributed by atoms with Gasteiger partial charge in [0.1, 0.15) is 17.6 Å². The Labute approximate surface area is 99.8 Å². The predicted octanol–water partition coefficient (Wildman–Crippen LogP) is 1.80. The van der Waals surface area contributed by atoms with Gasteiger partial charge in [-0.2, -0.15) is 0 Å². The SMILES string of the molecule is CCC(NC(=O)c1c(C)oc(C)c1C)C(=O)O. The molecule has 0 aromatic carbocycles. The Balaban J connectivity index is 2.94. The quantitative estimate of drug-likeness (QED) is 0.839. The first-order valence-electron chi connectivity index (χ1n) is 5.48. The molecule has 1 rings (SSSR count). The molecule has 1 amide bonds. The number of rotatable bonds is 4. The van der Waals surface area contributed by atoms with Crippen LogP contribution in [-0.4, -0.2) is 23.0 Å². The molecule has 0 radical (unpaired) electrons. The maximum atomic E-state index is 11.9. The van der Waals surface area contributed by atoms with Gasteiger partial charge in [0.25, 0.3) is 5.91 Å². The lowest BCUT2D eigenvalue weighted by molar-refractivity contribution is -0.139. The van der Waals surface area contributed by atoms with Crippen molar-refractivity contribution >= 4 is 11.9 Å². The van der Waals surface area contributed by atoms with Crippen LogP contribution in [0.2, 0.25) is 0 Å². The fourth-order valence-corrected chi connectivity index (χ4v) is 1.70. The van der Waals surface area contributed by atoms with E-state index < -0.39 is 17.9 Å². The Hall–Kier alpha value is -1.78. The fraction of sp³-hybridized carbons (Fsp3) is 0.500. The molecule has 0 fully saturated rings. The molecular weight excluding hydrogens is 222 g/mol. The van der Waals surface area contributed by atoms with Crippen LogP contribution < -0.4 is 5.32 Å². The largest absolute Gasteiger partial charge is 0.480 e. The van der Waals surface area contributed by atoms with Crippen LogP contribution in [0, 0.1) is 20.8 Å².